The van der Waals surface area contributed by atoms with E-state index >= 15 is 0 Å². The van der Waals surface area contributed by atoms with Crippen LogP contribution in [0.2, 0.25) is 10.0 Å². The smallest absolute Gasteiger partial charge is 0.322 e. The van der Waals surface area contributed by atoms with Crippen molar-refractivity contribution >= 4 is 34.9 Å². The molecule has 2 heterocycles. The fourth-order valence-corrected chi connectivity index (χ4v) is 3.42. The summed E-state index contributed by atoms with van der Waals surface area (Å²) in [6.07, 6.45) is 4.32. The molecule has 2 aromatic rings. The highest BCUT2D eigenvalue weighted by Gasteiger charge is 2.23. The molecular formula is C17H21Cl2N5O. The Morgan fingerprint density at radius 3 is 2.92 bits per heavy atom. The summed E-state index contributed by atoms with van der Waals surface area (Å²) in [5.41, 5.74) is 0.561. The zero-order chi connectivity index (χ0) is 17.8. The summed E-state index contributed by atoms with van der Waals surface area (Å²) < 4.78 is 2.12. The lowest BCUT2D eigenvalue weighted by Crippen LogP contribution is -2.40. The summed E-state index contributed by atoms with van der Waals surface area (Å²) in [6, 6.07) is 5.02. The van der Waals surface area contributed by atoms with Gasteiger partial charge in [0.1, 0.15) is 5.82 Å². The van der Waals surface area contributed by atoms with Gasteiger partial charge in [0.2, 0.25) is 0 Å². The molecule has 1 aliphatic rings. The minimum Gasteiger partial charge on any atom is -0.338 e. The summed E-state index contributed by atoms with van der Waals surface area (Å²) in [5, 5.41) is 12.2. The van der Waals surface area contributed by atoms with Crippen molar-refractivity contribution in [2.45, 2.75) is 45.7 Å². The number of carbonyl (C=O) groups excluding carboxylic acids is 1. The number of urea groups is 1. The van der Waals surface area contributed by atoms with Crippen molar-refractivity contribution in [3.63, 3.8) is 0 Å². The molecule has 0 saturated carbocycles. The molecule has 0 spiro atoms. The molecule has 134 valence electrons. The topological polar surface area (TPSA) is 63.1 Å². The maximum absolute atomic E-state index is 12.6. The van der Waals surface area contributed by atoms with Crippen molar-refractivity contribution in [3.8, 4) is 0 Å². The molecular weight excluding hydrogens is 361 g/mol. The molecule has 1 aromatic carbocycles. The van der Waals surface area contributed by atoms with E-state index in [1.807, 2.05) is 6.92 Å². The molecule has 6 nitrogen and oxygen atoms in total. The molecule has 0 radical (unpaired) electrons. The molecule has 1 N–H and O–H groups in total. The Bertz CT molecular complexity index is 761. The number of nitrogens with zero attached hydrogens (tertiary/aromatic N) is 4. The van der Waals surface area contributed by atoms with E-state index in [2.05, 4.69) is 20.1 Å². The van der Waals surface area contributed by atoms with Crippen molar-refractivity contribution in [2.24, 2.45) is 0 Å². The number of halogens is 2. The van der Waals surface area contributed by atoms with Gasteiger partial charge in [-0.3, -0.25) is 4.90 Å². The van der Waals surface area contributed by atoms with Crippen LogP contribution < -0.4 is 10.2 Å². The number of aryl methyl sites for hydroxylation is 1. The van der Waals surface area contributed by atoms with Gasteiger partial charge >= 0.3 is 6.03 Å². The average molecular weight is 382 g/mol. The van der Waals surface area contributed by atoms with Crippen LogP contribution in [0.4, 0.5) is 10.5 Å². The van der Waals surface area contributed by atoms with Gasteiger partial charge < -0.3 is 9.88 Å². The molecule has 0 fully saturated rings. The van der Waals surface area contributed by atoms with Crippen LogP contribution in [0.25, 0.3) is 0 Å². The summed E-state index contributed by atoms with van der Waals surface area (Å²) in [6.45, 7) is 3.56. The zero-order valence-corrected chi connectivity index (χ0v) is 15.6. The Morgan fingerprint density at radius 1 is 1.28 bits per heavy atom. The molecule has 2 amide bonds. The number of aromatic nitrogens is 3. The highest BCUT2D eigenvalue weighted by molar-refractivity contribution is 6.44. The summed E-state index contributed by atoms with van der Waals surface area (Å²) in [7, 11) is 0. The summed E-state index contributed by atoms with van der Waals surface area (Å²) >= 11 is 12.5. The lowest BCUT2D eigenvalue weighted by molar-refractivity contribution is 0.246. The van der Waals surface area contributed by atoms with E-state index in [1.54, 1.807) is 23.1 Å². The van der Waals surface area contributed by atoms with Crippen molar-refractivity contribution in [2.75, 3.05) is 11.4 Å². The number of anilines is 1. The van der Waals surface area contributed by atoms with Crippen LogP contribution in [-0.2, 0) is 19.5 Å². The second-order valence-electron chi connectivity index (χ2n) is 5.99. The van der Waals surface area contributed by atoms with Crippen molar-refractivity contribution < 1.29 is 4.79 Å². The maximum Gasteiger partial charge on any atom is 0.322 e. The first kappa shape index (κ1) is 18.0. The summed E-state index contributed by atoms with van der Waals surface area (Å²) in [4.78, 5) is 14.2. The Morgan fingerprint density at radius 2 is 2.12 bits per heavy atom. The SMILES string of the molecule is CCNC(=O)N(Cc1nnc2n1CCCCC2)c1cccc(Cl)c1Cl. The number of nitrogens with one attached hydrogen (secondary N) is 1. The van der Waals surface area contributed by atoms with E-state index in [4.69, 9.17) is 23.2 Å². The van der Waals surface area contributed by atoms with Gasteiger partial charge in [0.25, 0.3) is 0 Å². The zero-order valence-electron chi connectivity index (χ0n) is 14.1. The molecule has 0 aliphatic carbocycles. The molecule has 0 saturated heterocycles. The molecule has 0 unspecified atom stereocenters. The average Bonchev–Trinajstić information content (AvgIpc) is 2.82. The highest BCUT2D eigenvalue weighted by Crippen LogP contribution is 2.33. The normalized spacial score (nSPS) is 13.9. The number of hydrogen-bond acceptors (Lipinski definition) is 3. The Labute approximate surface area is 157 Å². The van der Waals surface area contributed by atoms with Crippen LogP contribution in [0, 0.1) is 0 Å². The van der Waals surface area contributed by atoms with Crippen molar-refractivity contribution in [3.05, 3.63) is 39.9 Å². The molecule has 3 rings (SSSR count). The predicted octanol–water partition coefficient (Wildman–Crippen LogP) is 4.05. The minimum atomic E-state index is -0.238. The van der Waals surface area contributed by atoms with Crippen LogP contribution in [0.3, 0.4) is 0 Å². The van der Waals surface area contributed by atoms with Gasteiger partial charge in [0.05, 0.1) is 22.3 Å². The van der Waals surface area contributed by atoms with Gasteiger partial charge in [-0.05, 0) is 31.9 Å². The van der Waals surface area contributed by atoms with Crippen LogP contribution in [-0.4, -0.2) is 27.3 Å². The molecule has 0 atom stereocenters. The van der Waals surface area contributed by atoms with E-state index in [-0.39, 0.29) is 6.03 Å². The molecule has 0 bridgehead atoms. The van der Waals surface area contributed by atoms with Crippen molar-refractivity contribution in [1.29, 1.82) is 0 Å². The molecule has 1 aliphatic heterocycles. The van der Waals surface area contributed by atoms with E-state index in [0.717, 1.165) is 37.5 Å². The van der Waals surface area contributed by atoms with Crippen LogP contribution in [0.5, 0.6) is 0 Å². The lowest BCUT2D eigenvalue weighted by Gasteiger charge is -2.24. The third kappa shape index (κ3) is 3.90. The third-order valence-electron chi connectivity index (χ3n) is 4.28. The Balaban J connectivity index is 1.95. The van der Waals surface area contributed by atoms with Gasteiger partial charge in [-0.15, -0.1) is 10.2 Å². The fraction of sp³-hybridized carbons (Fsp3) is 0.471. The number of amides is 2. The van der Waals surface area contributed by atoms with Gasteiger partial charge in [-0.25, -0.2) is 4.79 Å². The maximum atomic E-state index is 12.6. The van der Waals surface area contributed by atoms with Gasteiger partial charge in [-0.2, -0.15) is 0 Å². The van der Waals surface area contributed by atoms with E-state index < -0.39 is 0 Å². The first-order chi connectivity index (χ1) is 12.1. The predicted molar refractivity (Wildman–Crippen MR) is 99.3 cm³/mol. The first-order valence-electron chi connectivity index (χ1n) is 8.52. The number of hydrogen-bond donors (Lipinski definition) is 1. The molecule has 25 heavy (non-hydrogen) atoms. The molecule has 1 aromatic heterocycles. The number of fused-ring (bicyclic) bond motifs is 1. The number of carbonyl (C=O) groups is 1. The number of benzene rings is 1. The van der Waals surface area contributed by atoms with Crippen molar-refractivity contribution in [1.82, 2.24) is 20.1 Å². The van der Waals surface area contributed by atoms with Gasteiger partial charge in [0, 0.05) is 19.5 Å². The third-order valence-corrected chi connectivity index (χ3v) is 5.09. The second-order valence-corrected chi connectivity index (χ2v) is 6.77. The first-order valence-corrected chi connectivity index (χ1v) is 9.27. The monoisotopic (exact) mass is 381 g/mol. The Hall–Kier alpha value is -1.79. The van der Waals surface area contributed by atoms with Crippen LogP contribution >= 0.6 is 23.2 Å². The Kier molecular flexibility index (Phi) is 5.81. The van der Waals surface area contributed by atoms with Gasteiger partial charge in [-0.1, -0.05) is 35.7 Å². The minimum absolute atomic E-state index is 0.238. The van der Waals surface area contributed by atoms with E-state index in [1.165, 1.54) is 6.42 Å². The van der Waals surface area contributed by atoms with Crippen LogP contribution in [0.15, 0.2) is 18.2 Å². The largest absolute Gasteiger partial charge is 0.338 e. The second kappa shape index (κ2) is 8.06. The lowest BCUT2D eigenvalue weighted by atomic mass is 10.2. The van der Waals surface area contributed by atoms with Gasteiger partial charge in [0.15, 0.2) is 5.82 Å². The van der Waals surface area contributed by atoms with E-state index in [0.29, 0.717) is 28.8 Å². The number of rotatable bonds is 4. The molecule has 8 heteroatoms. The fourth-order valence-electron chi connectivity index (χ4n) is 3.02. The summed E-state index contributed by atoms with van der Waals surface area (Å²) in [5.74, 6) is 1.75. The highest BCUT2D eigenvalue weighted by atomic mass is 35.5. The standard InChI is InChI=1S/C17H21Cl2N5O/c1-2-20-17(25)24(13-8-6-7-12(18)16(13)19)11-15-22-21-14-9-4-3-5-10-23(14)15/h6-8H,2-5,9-11H2,1H3,(H,20,25). The van der Waals surface area contributed by atoms with Crippen LogP contribution in [0.1, 0.15) is 37.8 Å². The van der Waals surface area contributed by atoms with E-state index in [9.17, 15) is 4.79 Å². The quantitative estimate of drug-likeness (QED) is 0.868.